The van der Waals surface area contributed by atoms with Crippen LogP contribution in [0.1, 0.15) is 12.0 Å². The Morgan fingerprint density at radius 1 is 1.03 bits per heavy atom. The Labute approximate surface area is 225 Å². The van der Waals surface area contributed by atoms with E-state index in [1.54, 1.807) is 0 Å². The molecule has 1 amide bonds. The van der Waals surface area contributed by atoms with Gasteiger partial charge < -0.3 is 30.7 Å². The largest absolute Gasteiger partial charge is 0.506 e. The number of anilines is 1. The number of carbonyl (C=O) groups is 1. The van der Waals surface area contributed by atoms with Crippen molar-refractivity contribution in [3.05, 3.63) is 63.0 Å². The fraction of sp³-hybridized carbons (Fsp3) is 0.280. The number of amides is 1. The number of hydrogen-bond donors (Lipinski definition) is 6. The molecule has 0 radical (unpaired) electrons. The molecular weight excluding hydrogens is 596 g/mol. The number of aliphatic hydroxyl groups is 1. The first-order valence-electron chi connectivity index (χ1n) is 11.3. The second kappa shape index (κ2) is 14.1. The molecule has 9 nitrogen and oxygen atoms in total. The number of halogens is 2. The van der Waals surface area contributed by atoms with Crippen LogP contribution in [-0.2, 0) is 9.53 Å². The highest BCUT2D eigenvalue weighted by Crippen LogP contribution is 2.40. The van der Waals surface area contributed by atoms with E-state index >= 15 is 0 Å². The Hall–Kier alpha value is -2.70. The number of aliphatic hydroxyl groups excluding tert-OH is 1. The zero-order valence-electron chi connectivity index (χ0n) is 19.4. The van der Waals surface area contributed by atoms with Crippen molar-refractivity contribution in [2.45, 2.75) is 12.5 Å². The number of phenols is 2. The number of carbonyl (C=O) groups excluding carboxylic acids is 1. The molecule has 11 heteroatoms. The number of hydrazone groups is 1. The molecule has 1 unspecified atom stereocenters. The molecule has 0 aliphatic rings. The van der Waals surface area contributed by atoms with Crippen LogP contribution in [0, 0.1) is 0 Å². The highest BCUT2D eigenvalue weighted by Gasteiger charge is 2.18. The molecule has 0 saturated heterocycles. The van der Waals surface area contributed by atoms with Gasteiger partial charge in [-0.15, -0.1) is 0 Å². The highest BCUT2D eigenvalue weighted by molar-refractivity contribution is 9.11. The molecule has 1 atom stereocenters. The van der Waals surface area contributed by atoms with Crippen molar-refractivity contribution in [3.8, 4) is 11.5 Å². The van der Waals surface area contributed by atoms with Crippen molar-refractivity contribution in [2.24, 2.45) is 5.10 Å². The second-order valence-corrected chi connectivity index (χ2v) is 9.47. The highest BCUT2D eigenvalue weighted by atomic mass is 79.9. The molecule has 3 aromatic rings. The van der Waals surface area contributed by atoms with Crippen molar-refractivity contribution in [3.63, 3.8) is 0 Å². The molecule has 0 fully saturated rings. The van der Waals surface area contributed by atoms with E-state index in [0.717, 1.165) is 16.5 Å². The van der Waals surface area contributed by atoms with Crippen molar-refractivity contribution < 1.29 is 24.9 Å². The third-order valence-electron chi connectivity index (χ3n) is 5.25. The normalized spacial score (nSPS) is 12.2. The van der Waals surface area contributed by atoms with Crippen molar-refractivity contribution in [1.29, 1.82) is 0 Å². The summed E-state index contributed by atoms with van der Waals surface area (Å²) in [7, 11) is 0. The van der Waals surface area contributed by atoms with Crippen LogP contribution in [0.3, 0.4) is 0 Å². The second-order valence-electron chi connectivity index (χ2n) is 7.83. The Morgan fingerprint density at radius 2 is 1.81 bits per heavy atom. The molecule has 6 N–H and O–H groups in total. The van der Waals surface area contributed by atoms with Gasteiger partial charge in [-0.1, -0.05) is 30.3 Å². The Morgan fingerprint density at radius 3 is 2.58 bits per heavy atom. The van der Waals surface area contributed by atoms with Gasteiger partial charge in [0.1, 0.15) is 22.0 Å². The Bertz CT molecular complexity index is 1210. The maximum Gasteiger partial charge on any atom is 0.262 e. The van der Waals surface area contributed by atoms with Gasteiger partial charge in [0.2, 0.25) is 0 Å². The van der Waals surface area contributed by atoms with Gasteiger partial charge in [-0.3, -0.25) is 4.79 Å². The molecule has 0 aliphatic heterocycles. The summed E-state index contributed by atoms with van der Waals surface area (Å²) in [4.78, 5) is 13.0. The van der Waals surface area contributed by atoms with Crippen molar-refractivity contribution in [1.82, 2.24) is 10.7 Å². The van der Waals surface area contributed by atoms with Crippen molar-refractivity contribution >= 4 is 60.4 Å². The summed E-state index contributed by atoms with van der Waals surface area (Å²) < 4.78 is 5.72. The van der Waals surface area contributed by atoms with Gasteiger partial charge >= 0.3 is 0 Å². The van der Waals surface area contributed by atoms with E-state index < -0.39 is 6.04 Å². The lowest BCUT2D eigenvalue weighted by atomic mass is 10.1. The SMILES string of the molecule is O=C(N/N=C\c1cc(Br)c(O)c(Br)c1O)C(CCNCCOCCO)Nc1ccc2ccccc2c1. The molecule has 0 heterocycles. The van der Waals surface area contributed by atoms with E-state index in [0.29, 0.717) is 36.2 Å². The fourth-order valence-corrected chi connectivity index (χ4v) is 4.54. The number of aromatic hydroxyl groups is 2. The first-order chi connectivity index (χ1) is 17.4. The fourth-order valence-electron chi connectivity index (χ4n) is 3.39. The van der Waals surface area contributed by atoms with Gasteiger partial charge in [0.15, 0.2) is 0 Å². The van der Waals surface area contributed by atoms with Crippen LogP contribution in [0.4, 0.5) is 5.69 Å². The number of rotatable bonds is 13. The van der Waals surface area contributed by atoms with Crippen LogP contribution in [0.25, 0.3) is 10.8 Å². The monoisotopic (exact) mass is 622 g/mol. The standard InChI is InChI=1S/C25H28Br2N4O5/c26-20-14-18(23(33)22(27)24(20)34)15-29-31-25(35)21(7-8-28-9-11-36-12-10-32)30-19-6-5-16-3-1-2-4-17(16)13-19/h1-6,13-15,21,28,30,32-34H,7-12H2,(H,31,35)/b29-15-. The lowest BCUT2D eigenvalue weighted by Crippen LogP contribution is -2.39. The summed E-state index contributed by atoms with van der Waals surface area (Å²) in [5, 5.41) is 41.5. The maximum absolute atomic E-state index is 13.0. The van der Waals surface area contributed by atoms with E-state index in [-0.39, 0.29) is 35.1 Å². The first-order valence-corrected chi connectivity index (χ1v) is 12.9. The quantitative estimate of drug-likeness (QED) is 0.0971. The number of ether oxygens (including phenoxy) is 1. The zero-order chi connectivity index (χ0) is 25.9. The third kappa shape index (κ3) is 7.90. The molecular formula is C25H28Br2N4O5. The molecule has 0 saturated carbocycles. The average Bonchev–Trinajstić information content (AvgIpc) is 2.89. The minimum Gasteiger partial charge on any atom is -0.506 e. The van der Waals surface area contributed by atoms with Crippen LogP contribution >= 0.6 is 31.9 Å². The number of phenolic OH excluding ortho intramolecular Hbond substituents is 2. The molecule has 3 rings (SSSR count). The molecule has 0 aromatic heterocycles. The van der Waals surface area contributed by atoms with Crippen LogP contribution in [0.5, 0.6) is 11.5 Å². The number of hydrogen-bond acceptors (Lipinski definition) is 8. The van der Waals surface area contributed by atoms with Gasteiger partial charge in [0, 0.05) is 17.8 Å². The predicted octanol–water partition coefficient (Wildman–Crippen LogP) is 3.70. The van der Waals surface area contributed by atoms with E-state index in [1.165, 1.54) is 12.3 Å². The van der Waals surface area contributed by atoms with Gasteiger partial charge in [-0.05, 0) is 73.8 Å². The Kier molecular flexibility index (Phi) is 11.0. The Balaban J connectivity index is 1.67. The van der Waals surface area contributed by atoms with E-state index in [1.807, 2.05) is 42.5 Å². The zero-order valence-corrected chi connectivity index (χ0v) is 22.5. The third-order valence-corrected chi connectivity index (χ3v) is 6.61. The summed E-state index contributed by atoms with van der Waals surface area (Å²) in [6.07, 6.45) is 1.77. The smallest absolute Gasteiger partial charge is 0.262 e. The summed E-state index contributed by atoms with van der Waals surface area (Å²) in [6, 6.07) is 14.8. The summed E-state index contributed by atoms with van der Waals surface area (Å²) in [5.41, 5.74) is 3.62. The molecule has 0 spiro atoms. The summed E-state index contributed by atoms with van der Waals surface area (Å²) in [5.74, 6) is -0.691. The molecule has 0 aliphatic carbocycles. The van der Waals surface area contributed by atoms with Crippen LogP contribution < -0.4 is 16.1 Å². The summed E-state index contributed by atoms with van der Waals surface area (Å²) in [6.45, 7) is 1.86. The van der Waals surface area contributed by atoms with Gasteiger partial charge in [0.05, 0.1) is 30.5 Å². The number of fused-ring (bicyclic) bond motifs is 1. The van der Waals surface area contributed by atoms with E-state index in [4.69, 9.17) is 9.84 Å². The van der Waals surface area contributed by atoms with Crippen LogP contribution in [0.15, 0.2) is 62.6 Å². The minimum absolute atomic E-state index is 0.0196. The molecule has 192 valence electrons. The van der Waals surface area contributed by atoms with Crippen LogP contribution in [0.2, 0.25) is 0 Å². The minimum atomic E-state index is -0.596. The lowest BCUT2D eigenvalue weighted by molar-refractivity contribution is -0.121. The molecule has 0 bridgehead atoms. The van der Waals surface area contributed by atoms with E-state index in [2.05, 4.69) is 53.0 Å². The molecule has 36 heavy (non-hydrogen) atoms. The topological polar surface area (TPSA) is 135 Å². The number of nitrogens with zero attached hydrogens (tertiary/aromatic N) is 1. The number of nitrogens with one attached hydrogen (secondary N) is 3. The first kappa shape index (κ1) is 27.9. The average molecular weight is 624 g/mol. The van der Waals surface area contributed by atoms with Gasteiger partial charge in [0.25, 0.3) is 5.91 Å². The van der Waals surface area contributed by atoms with Crippen LogP contribution in [-0.4, -0.2) is 66.4 Å². The predicted molar refractivity (Wildman–Crippen MR) is 148 cm³/mol. The lowest BCUT2D eigenvalue weighted by Gasteiger charge is -2.19. The maximum atomic E-state index is 13.0. The van der Waals surface area contributed by atoms with Crippen molar-refractivity contribution in [2.75, 3.05) is 38.2 Å². The summed E-state index contributed by atoms with van der Waals surface area (Å²) >= 11 is 6.32. The van der Waals surface area contributed by atoms with Gasteiger partial charge in [-0.25, -0.2) is 5.43 Å². The van der Waals surface area contributed by atoms with E-state index in [9.17, 15) is 15.0 Å². The van der Waals surface area contributed by atoms with Gasteiger partial charge in [-0.2, -0.15) is 5.10 Å². The number of benzene rings is 3. The molecule has 3 aromatic carbocycles.